The van der Waals surface area contributed by atoms with Crippen LogP contribution in [0.25, 0.3) is 23.3 Å². The standard InChI is InChI=1S/C28H26F4O2/c1-3-5-17-34-24-16-15-21(26(30)28(24)32)19-10-7-18(8-11-19)9-12-20-13-14-22(23(33)6-4-2)27(31)25(20)29/h3,7-16,23,33H,1,4-6,17H2,2H3/b12-9+. The third-order valence-electron chi connectivity index (χ3n) is 5.37. The molecular formula is C28H26F4O2. The van der Waals surface area contributed by atoms with Crippen molar-refractivity contribution in [2.45, 2.75) is 32.3 Å². The van der Waals surface area contributed by atoms with Crippen LogP contribution in [0.5, 0.6) is 5.75 Å². The largest absolute Gasteiger partial charge is 0.490 e. The molecule has 0 aliphatic rings. The Balaban J connectivity index is 1.77. The predicted molar refractivity (Wildman–Crippen MR) is 127 cm³/mol. The van der Waals surface area contributed by atoms with Gasteiger partial charge in [-0.15, -0.1) is 6.58 Å². The van der Waals surface area contributed by atoms with Gasteiger partial charge in [-0.05, 0) is 36.1 Å². The summed E-state index contributed by atoms with van der Waals surface area (Å²) in [6.45, 7) is 5.60. The Kier molecular flexibility index (Phi) is 8.66. The van der Waals surface area contributed by atoms with Gasteiger partial charge in [0.05, 0.1) is 12.7 Å². The van der Waals surface area contributed by atoms with Crippen LogP contribution in [0.2, 0.25) is 0 Å². The molecule has 0 aliphatic carbocycles. The van der Waals surface area contributed by atoms with Crippen molar-refractivity contribution in [2.24, 2.45) is 0 Å². The number of benzene rings is 3. The van der Waals surface area contributed by atoms with E-state index >= 15 is 0 Å². The Labute approximate surface area is 196 Å². The first-order valence-electron chi connectivity index (χ1n) is 11.0. The summed E-state index contributed by atoms with van der Waals surface area (Å²) in [7, 11) is 0. The molecule has 34 heavy (non-hydrogen) atoms. The monoisotopic (exact) mass is 470 g/mol. The number of aliphatic hydroxyl groups is 1. The molecule has 178 valence electrons. The first-order valence-corrected chi connectivity index (χ1v) is 11.0. The van der Waals surface area contributed by atoms with E-state index in [2.05, 4.69) is 6.58 Å². The molecule has 3 aromatic rings. The SMILES string of the molecule is C=CCCOc1ccc(-c2ccc(/C=C/c3ccc(C(O)CCC)c(F)c3F)cc2)c(F)c1F. The molecule has 2 nitrogen and oxygen atoms in total. The third-order valence-corrected chi connectivity index (χ3v) is 5.37. The number of rotatable bonds is 10. The first-order chi connectivity index (χ1) is 16.4. The van der Waals surface area contributed by atoms with Gasteiger partial charge in [-0.3, -0.25) is 0 Å². The summed E-state index contributed by atoms with van der Waals surface area (Å²) in [6.07, 6.45) is 5.06. The van der Waals surface area contributed by atoms with Crippen LogP contribution >= 0.6 is 0 Å². The van der Waals surface area contributed by atoms with Crippen LogP contribution < -0.4 is 4.74 Å². The minimum absolute atomic E-state index is 0.0363. The third kappa shape index (κ3) is 5.75. The summed E-state index contributed by atoms with van der Waals surface area (Å²) in [4.78, 5) is 0. The molecule has 6 heteroatoms. The fourth-order valence-electron chi connectivity index (χ4n) is 3.47. The van der Waals surface area contributed by atoms with Crippen LogP contribution in [-0.2, 0) is 0 Å². The second-order valence-corrected chi connectivity index (χ2v) is 7.80. The van der Waals surface area contributed by atoms with E-state index in [1.165, 1.54) is 30.3 Å². The lowest BCUT2D eigenvalue weighted by atomic mass is 10.0. The highest BCUT2D eigenvalue weighted by Gasteiger charge is 2.18. The van der Waals surface area contributed by atoms with Gasteiger partial charge in [-0.2, -0.15) is 4.39 Å². The highest BCUT2D eigenvalue weighted by atomic mass is 19.2. The van der Waals surface area contributed by atoms with Crippen LogP contribution in [0.1, 0.15) is 49.0 Å². The molecule has 0 aliphatic heterocycles. The van der Waals surface area contributed by atoms with E-state index < -0.39 is 29.4 Å². The summed E-state index contributed by atoms with van der Waals surface area (Å²) >= 11 is 0. The topological polar surface area (TPSA) is 29.5 Å². The molecule has 0 saturated carbocycles. The quantitative estimate of drug-likeness (QED) is 0.141. The Hall–Kier alpha value is -3.38. The Morgan fingerprint density at radius 1 is 0.882 bits per heavy atom. The van der Waals surface area contributed by atoms with Crippen LogP contribution in [0.4, 0.5) is 17.6 Å². The molecule has 0 saturated heterocycles. The molecule has 3 rings (SSSR count). The van der Waals surface area contributed by atoms with Gasteiger partial charge < -0.3 is 9.84 Å². The predicted octanol–water partition coefficient (Wildman–Crippen LogP) is 7.87. The van der Waals surface area contributed by atoms with Crippen molar-refractivity contribution in [1.82, 2.24) is 0 Å². The summed E-state index contributed by atoms with van der Waals surface area (Å²) in [6, 6.07) is 12.1. The van der Waals surface area contributed by atoms with Crippen molar-refractivity contribution in [3.63, 3.8) is 0 Å². The van der Waals surface area contributed by atoms with Gasteiger partial charge in [0.15, 0.2) is 23.2 Å². The summed E-state index contributed by atoms with van der Waals surface area (Å²) in [5.74, 6) is -4.33. The lowest BCUT2D eigenvalue weighted by molar-refractivity contribution is 0.160. The number of hydrogen-bond acceptors (Lipinski definition) is 2. The molecule has 0 radical (unpaired) electrons. The minimum Gasteiger partial charge on any atom is -0.490 e. The van der Waals surface area contributed by atoms with Gasteiger partial charge in [-0.25, -0.2) is 13.2 Å². The fourth-order valence-corrected chi connectivity index (χ4v) is 3.47. The molecule has 0 bridgehead atoms. The van der Waals surface area contributed by atoms with Crippen LogP contribution in [0.15, 0.2) is 61.2 Å². The number of hydrogen-bond donors (Lipinski definition) is 1. The maximum atomic E-state index is 14.6. The van der Waals surface area contributed by atoms with Crippen molar-refractivity contribution in [1.29, 1.82) is 0 Å². The molecule has 1 atom stereocenters. The van der Waals surface area contributed by atoms with E-state index in [9.17, 15) is 22.7 Å². The number of ether oxygens (including phenoxy) is 1. The molecule has 3 aromatic carbocycles. The molecule has 0 spiro atoms. The molecule has 0 fully saturated rings. The molecule has 1 N–H and O–H groups in total. The summed E-state index contributed by atoms with van der Waals surface area (Å²) in [5, 5.41) is 9.96. The van der Waals surface area contributed by atoms with Gasteiger partial charge in [0.2, 0.25) is 5.82 Å². The molecule has 1 unspecified atom stereocenters. The Morgan fingerprint density at radius 2 is 1.62 bits per heavy atom. The maximum Gasteiger partial charge on any atom is 0.201 e. The van der Waals surface area contributed by atoms with Gasteiger partial charge >= 0.3 is 0 Å². The second kappa shape index (κ2) is 11.7. The second-order valence-electron chi connectivity index (χ2n) is 7.80. The number of halogens is 4. The average molecular weight is 471 g/mol. The smallest absolute Gasteiger partial charge is 0.201 e. The fraction of sp³-hybridized carbons (Fsp3) is 0.214. The lowest BCUT2D eigenvalue weighted by Crippen LogP contribution is -2.03. The molecule has 0 amide bonds. The van der Waals surface area contributed by atoms with Gasteiger partial charge in [0.1, 0.15) is 0 Å². The molecular weight excluding hydrogens is 444 g/mol. The highest BCUT2D eigenvalue weighted by Crippen LogP contribution is 2.31. The first kappa shape index (κ1) is 25.2. The Morgan fingerprint density at radius 3 is 2.29 bits per heavy atom. The molecule has 0 aromatic heterocycles. The van der Waals surface area contributed by atoms with Crippen LogP contribution in [-0.4, -0.2) is 11.7 Å². The van der Waals surface area contributed by atoms with E-state index in [1.807, 2.05) is 6.92 Å². The van der Waals surface area contributed by atoms with Crippen molar-refractivity contribution >= 4 is 12.2 Å². The van der Waals surface area contributed by atoms with Crippen LogP contribution in [0.3, 0.4) is 0 Å². The Bertz CT molecular complexity index is 1170. The van der Waals surface area contributed by atoms with Crippen molar-refractivity contribution in [3.8, 4) is 16.9 Å². The lowest BCUT2D eigenvalue weighted by Gasteiger charge is -2.12. The van der Waals surface area contributed by atoms with Gasteiger partial charge in [-0.1, -0.05) is 68.0 Å². The maximum absolute atomic E-state index is 14.6. The average Bonchev–Trinajstić information content (AvgIpc) is 2.83. The summed E-state index contributed by atoms with van der Waals surface area (Å²) < 4.78 is 62.9. The highest BCUT2D eigenvalue weighted by molar-refractivity contribution is 5.73. The summed E-state index contributed by atoms with van der Waals surface area (Å²) in [5.41, 5.74) is 1.17. The van der Waals surface area contributed by atoms with E-state index in [0.717, 1.165) is 0 Å². The van der Waals surface area contributed by atoms with Gasteiger partial charge in [0.25, 0.3) is 0 Å². The zero-order valence-electron chi connectivity index (χ0n) is 18.8. The zero-order chi connectivity index (χ0) is 24.7. The van der Waals surface area contributed by atoms with Crippen molar-refractivity contribution in [3.05, 3.63) is 101 Å². The normalized spacial score (nSPS) is 12.2. The van der Waals surface area contributed by atoms with Gasteiger partial charge in [0, 0.05) is 16.7 Å². The van der Waals surface area contributed by atoms with E-state index in [4.69, 9.17) is 4.74 Å². The number of aliphatic hydroxyl groups excluding tert-OH is 1. The zero-order valence-corrected chi connectivity index (χ0v) is 18.8. The van der Waals surface area contributed by atoms with Crippen molar-refractivity contribution < 1.29 is 27.4 Å². The van der Waals surface area contributed by atoms with E-state index in [-0.39, 0.29) is 29.0 Å². The van der Waals surface area contributed by atoms with E-state index in [1.54, 1.807) is 36.4 Å². The minimum atomic E-state index is -1.06. The van der Waals surface area contributed by atoms with E-state index in [0.29, 0.717) is 30.4 Å². The van der Waals surface area contributed by atoms with Crippen LogP contribution in [0, 0.1) is 23.3 Å². The molecule has 0 heterocycles. The van der Waals surface area contributed by atoms with Crippen molar-refractivity contribution in [2.75, 3.05) is 6.61 Å².